The van der Waals surface area contributed by atoms with Gasteiger partial charge in [0.25, 0.3) is 0 Å². The van der Waals surface area contributed by atoms with E-state index in [2.05, 4.69) is 180 Å². The van der Waals surface area contributed by atoms with Crippen LogP contribution in [-0.2, 0) is 21.7 Å². The monoisotopic (exact) mass is 773 g/mol. The van der Waals surface area contributed by atoms with E-state index in [0.717, 1.165) is 38.6 Å². The van der Waals surface area contributed by atoms with Gasteiger partial charge in [-0.1, -0.05) is 186 Å². The Labute approximate surface area is 348 Å². The van der Waals surface area contributed by atoms with Crippen molar-refractivity contribution in [1.29, 1.82) is 0 Å². The molecule has 0 radical (unpaired) electrons. The van der Waals surface area contributed by atoms with Crippen molar-refractivity contribution in [3.63, 3.8) is 0 Å². The smallest absolute Gasteiger partial charge is 0.165 e. The quantitative estimate of drug-likeness (QED) is 0.168. The van der Waals surface area contributed by atoms with Crippen molar-refractivity contribution in [2.75, 3.05) is 0 Å². The highest BCUT2D eigenvalue weighted by molar-refractivity contribution is 6.25. The Hall–Kier alpha value is -5.87. The third-order valence-electron chi connectivity index (χ3n) is 12.0. The molecule has 0 N–H and O–H groups in total. The van der Waals surface area contributed by atoms with Crippen LogP contribution in [0.1, 0.15) is 105 Å². The summed E-state index contributed by atoms with van der Waals surface area (Å²) in [6.07, 6.45) is 0. The molecule has 0 aliphatic heterocycles. The van der Waals surface area contributed by atoms with Crippen LogP contribution in [0.3, 0.4) is 0 Å². The van der Waals surface area contributed by atoms with Crippen molar-refractivity contribution in [3.8, 4) is 34.2 Å². The highest BCUT2D eigenvalue weighted by Crippen LogP contribution is 2.49. The minimum Gasteiger partial charge on any atom is -0.455 e. The Kier molecular flexibility index (Phi) is 8.73. The lowest BCUT2D eigenvalue weighted by Crippen LogP contribution is -2.18. The van der Waals surface area contributed by atoms with Crippen LogP contribution in [0.4, 0.5) is 0 Å². The summed E-state index contributed by atoms with van der Waals surface area (Å²) in [5, 5.41) is 9.51. The molecular weight excluding hydrogens is 719 g/mol. The maximum atomic E-state index is 7.25. The molecule has 59 heavy (non-hydrogen) atoms. The van der Waals surface area contributed by atoms with E-state index >= 15 is 0 Å². The summed E-state index contributed by atoms with van der Waals surface area (Å²) in [7, 11) is 0. The van der Waals surface area contributed by atoms with Gasteiger partial charge in [-0.2, -0.15) is 0 Å². The highest BCUT2D eigenvalue weighted by atomic mass is 16.3. The number of nitrogens with zero attached hydrogens (tertiary/aromatic N) is 3. The van der Waals surface area contributed by atoms with E-state index in [-0.39, 0.29) is 21.7 Å². The van der Waals surface area contributed by atoms with E-state index in [9.17, 15) is 0 Å². The predicted molar refractivity (Wildman–Crippen MR) is 251 cm³/mol. The summed E-state index contributed by atoms with van der Waals surface area (Å²) >= 11 is 0. The van der Waals surface area contributed by atoms with Gasteiger partial charge in [0.05, 0.1) is 0 Å². The van der Waals surface area contributed by atoms with E-state index in [1.807, 2.05) is 18.2 Å². The van der Waals surface area contributed by atoms with Crippen LogP contribution in [0.25, 0.3) is 88.4 Å². The lowest BCUT2D eigenvalue weighted by Gasteiger charge is -2.28. The molecule has 0 spiro atoms. The van der Waals surface area contributed by atoms with E-state index in [1.165, 1.54) is 54.6 Å². The van der Waals surface area contributed by atoms with Gasteiger partial charge < -0.3 is 4.42 Å². The second kappa shape index (κ2) is 13.3. The molecule has 2 aromatic heterocycles. The summed E-state index contributed by atoms with van der Waals surface area (Å²) in [6.45, 7) is 27.5. The molecule has 0 aliphatic rings. The largest absolute Gasteiger partial charge is 0.455 e. The second-order valence-corrected chi connectivity index (χ2v) is 20.6. The minimum atomic E-state index is -0.260. The first-order valence-corrected chi connectivity index (χ1v) is 21.0. The van der Waals surface area contributed by atoms with Gasteiger partial charge in [-0.3, -0.25) is 0 Å². The third-order valence-corrected chi connectivity index (χ3v) is 12.0. The molecule has 0 fully saturated rings. The fraction of sp³-hybridized carbons (Fsp3) is 0.291. The van der Waals surface area contributed by atoms with Gasteiger partial charge >= 0.3 is 0 Å². The van der Waals surface area contributed by atoms with Crippen LogP contribution >= 0.6 is 0 Å². The zero-order valence-corrected chi connectivity index (χ0v) is 36.7. The number of aromatic nitrogens is 3. The van der Waals surface area contributed by atoms with E-state index in [4.69, 9.17) is 19.4 Å². The molecule has 7 aromatic carbocycles. The fourth-order valence-corrected chi connectivity index (χ4v) is 8.81. The highest BCUT2D eigenvalue weighted by Gasteiger charge is 2.34. The van der Waals surface area contributed by atoms with Crippen molar-refractivity contribution in [2.24, 2.45) is 0 Å². The van der Waals surface area contributed by atoms with E-state index in [0.29, 0.717) is 17.5 Å². The normalized spacial score (nSPS) is 13.1. The third kappa shape index (κ3) is 6.58. The van der Waals surface area contributed by atoms with Crippen LogP contribution in [0, 0.1) is 0 Å². The zero-order valence-electron chi connectivity index (χ0n) is 36.7. The fourth-order valence-electron chi connectivity index (χ4n) is 8.81. The summed E-state index contributed by atoms with van der Waals surface area (Å²) in [5.74, 6) is 1.92. The van der Waals surface area contributed by atoms with Crippen molar-refractivity contribution < 1.29 is 4.42 Å². The lowest BCUT2D eigenvalue weighted by atomic mass is 9.75. The molecule has 0 bridgehead atoms. The number of hydrogen-bond acceptors (Lipinski definition) is 4. The number of hydrogen-bond donors (Lipinski definition) is 0. The van der Waals surface area contributed by atoms with Crippen LogP contribution in [0.15, 0.2) is 120 Å². The lowest BCUT2D eigenvalue weighted by molar-refractivity contribution is 0.547. The van der Waals surface area contributed by atoms with Gasteiger partial charge in [-0.05, 0) is 77.2 Å². The van der Waals surface area contributed by atoms with Gasteiger partial charge in [0, 0.05) is 38.6 Å². The summed E-state index contributed by atoms with van der Waals surface area (Å²) in [6, 6.07) is 41.5. The number of rotatable bonds is 3. The molecule has 0 saturated heterocycles. The average molecular weight is 774 g/mol. The zero-order chi connectivity index (χ0) is 41.8. The molecule has 0 aliphatic carbocycles. The van der Waals surface area contributed by atoms with Crippen LogP contribution < -0.4 is 0 Å². The Morgan fingerprint density at radius 1 is 0.356 bits per heavy atom. The Morgan fingerprint density at radius 2 is 0.831 bits per heavy atom. The maximum absolute atomic E-state index is 7.25. The molecule has 2 heterocycles. The number of fused-ring (bicyclic) bond motifs is 9. The molecule has 4 nitrogen and oxygen atoms in total. The second-order valence-electron chi connectivity index (χ2n) is 20.6. The summed E-state index contributed by atoms with van der Waals surface area (Å²) in [4.78, 5) is 16.2. The Morgan fingerprint density at radius 3 is 1.37 bits per heavy atom. The van der Waals surface area contributed by atoms with Gasteiger partial charge in [-0.15, -0.1) is 0 Å². The molecule has 0 saturated carbocycles. The van der Waals surface area contributed by atoms with E-state index in [1.54, 1.807) is 0 Å². The van der Waals surface area contributed by atoms with Crippen molar-refractivity contribution in [3.05, 3.63) is 138 Å². The Bertz CT molecular complexity index is 3090. The topological polar surface area (TPSA) is 51.8 Å². The van der Waals surface area contributed by atoms with Gasteiger partial charge in [0.2, 0.25) is 0 Å². The molecule has 0 amide bonds. The van der Waals surface area contributed by atoms with Crippen LogP contribution in [0.5, 0.6) is 0 Å². The van der Waals surface area contributed by atoms with Crippen molar-refractivity contribution >= 4 is 54.3 Å². The Balaban J connectivity index is 1.44. The molecule has 4 heteroatoms. The first-order valence-electron chi connectivity index (χ1n) is 21.0. The first kappa shape index (κ1) is 38.6. The van der Waals surface area contributed by atoms with Crippen LogP contribution in [-0.4, -0.2) is 15.0 Å². The first-order chi connectivity index (χ1) is 27.8. The SMILES string of the molecule is CC(C)(C)c1cc(C(C)(C)C)c2oc3c(C(C)(C)C)cc(C(C)(C)C)c(-c4nc(-c5ccccc5)nc(-c5ccc6c7ccccc7c7ccccc7c6c5)n4)c3c2c1. The average Bonchev–Trinajstić information content (AvgIpc) is 3.58. The standard InChI is InChI=1S/C55H55N3O/c1-52(2,3)34-29-41-45-46(42(53(4,5)6)31-44(55(10,11)12)48(45)59-47(41)43(30-34)54(7,8)9)51-57-49(32-20-14-13-15-21-32)56-50(58-51)33-26-27-39-37-24-17-16-22-35(37)36-23-18-19-25-38(36)40(39)28-33/h13-31H,1-12H3. The number of benzene rings is 7. The number of furan rings is 1. The predicted octanol–water partition coefficient (Wildman–Crippen LogP) is 15.4. The summed E-state index contributed by atoms with van der Waals surface area (Å²) < 4.78 is 7.25. The van der Waals surface area contributed by atoms with Gasteiger partial charge in [0.15, 0.2) is 17.5 Å². The van der Waals surface area contributed by atoms with Gasteiger partial charge in [-0.25, -0.2) is 15.0 Å². The molecule has 296 valence electrons. The molecular formula is C55H55N3O. The van der Waals surface area contributed by atoms with Crippen molar-refractivity contribution in [1.82, 2.24) is 15.0 Å². The molecule has 9 aromatic rings. The van der Waals surface area contributed by atoms with Crippen LogP contribution in [0.2, 0.25) is 0 Å². The maximum Gasteiger partial charge on any atom is 0.165 e. The summed E-state index contributed by atoms with van der Waals surface area (Å²) in [5.41, 5.74) is 8.87. The molecule has 0 atom stereocenters. The molecule has 9 rings (SSSR count). The van der Waals surface area contributed by atoms with E-state index < -0.39 is 0 Å². The van der Waals surface area contributed by atoms with Crippen molar-refractivity contribution in [2.45, 2.75) is 105 Å². The minimum absolute atomic E-state index is 0.0845. The molecule has 0 unspecified atom stereocenters. The van der Waals surface area contributed by atoms with Gasteiger partial charge in [0.1, 0.15) is 11.2 Å².